The average Bonchev–Trinajstić information content (AvgIpc) is 1.83. The van der Waals surface area contributed by atoms with Crippen molar-refractivity contribution in [1.29, 1.82) is 0 Å². The third kappa shape index (κ3) is 1.57. The van der Waals surface area contributed by atoms with Crippen LogP contribution in [-0.2, 0) is 0 Å². The molecule has 0 bridgehead atoms. The Morgan fingerprint density at radius 2 is 2.00 bits per heavy atom. The number of nitrogens with zero attached hydrogens (tertiary/aromatic N) is 1. The minimum absolute atomic E-state index is 0.464. The zero-order chi connectivity index (χ0) is 6.85. The molecule has 1 aromatic rings. The minimum atomic E-state index is 0.464. The molecule has 0 radical (unpaired) electrons. The number of hydrogen-bond acceptors (Lipinski definition) is 1. The van der Waals surface area contributed by atoms with Crippen molar-refractivity contribution in [2.24, 2.45) is 0 Å². The van der Waals surface area contributed by atoms with Crippen LogP contribution in [0.15, 0.2) is 16.9 Å². The number of hydrogen-bond donors (Lipinski definition) is 0. The van der Waals surface area contributed by atoms with E-state index in [-0.39, 0.29) is 0 Å². The Bertz CT molecular complexity index is 206. The molecule has 1 rings (SSSR count). The lowest BCUT2D eigenvalue weighted by Crippen LogP contribution is -1.73. The third-order valence-corrected chi connectivity index (χ3v) is 2.42. The van der Waals surface area contributed by atoms with Crippen LogP contribution in [0.4, 0.5) is 0 Å². The predicted octanol–water partition coefficient (Wildman–Crippen LogP) is 3.15. The largest absolute Gasteiger partial charge is 0.262 e. The lowest BCUT2D eigenvalue weighted by Gasteiger charge is -1.93. The summed E-state index contributed by atoms with van der Waals surface area (Å²) in [6, 6.07) is 0. The van der Waals surface area contributed by atoms with Gasteiger partial charge < -0.3 is 0 Å². The summed E-state index contributed by atoms with van der Waals surface area (Å²) in [6.07, 6.45) is 3.09. The molecule has 0 amide bonds. The highest BCUT2D eigenvalue weighted by atomic mass is 79.9. The maximum atomic E-state index is 5.66. The van der Waals surface area contributed by atoms with Crippen LogP contribution in [0.3, 0.4) is 0 Å². The van der Waals surface area contributed by atoms with Gasteiger partial charge in [-0.1, -0.05) is 23.2 Å². The first-order valence-corrected chi connectivity index (χ1v) is 3.71. The topological polar surface area (TPSA) is 12.9 Å². The quantitative estimate of drug-likeness (QED) is 0.663. The molecule has 0 aliphatic rings. The Hall–Kier alpha value is 0.210. The van der Waals surface area contributed by atoms with Crippen LogP contribution in [0.25, 0.3) is 0 Å². The van der Waals surface area contributed by atoms with Crippen LogP contribution in [-0.4, -0.2) is 4.98 Å². The van der Waals surface area contributed by atoms with Crippen molar-refractivity contribution in [3.8, 4) is 0 Å². The summed E-state index contributed by atoms with van der Waals surface area (Å²) in [6.45, 7) is 0. The second kappa shape index (κ2) is 2.86. The van der Waals surface area contributed by atoms with Crippen LogP contribution in [0.2, 0.25) is 10.0 Å². The van der Waals surface area contributed by atoms with Crippen LogP contribution in [0.5, 0.6) is 0 Å². The fourth-order valence-corrected chi connectivity index (χ4v) is 1.10. The molecule has 1 heterocycles. The molecule has 48 valence electrons. The molecule has 9 heavy (non-hydrogen) atoms. The lowest BCUT2D eigenvalue weighted by atomic mass is 10.5. The summed E-state index contributed by atoms with van der Waals surface area (Å²) in [5.41, 5.74) is 0. The first kappa shape index (κ1) is 7.32. The summed E-state index contributed by atoms with van der Waals surface area (Å²) in [5, 5.41) is 0.970. The summed E-state index contributed by atoms with van der Waals surface area (Å²) in [4.78, 5) is 3.78. The second-order valence-corrected chi connectivity index (χ2v) is 3.06. The first-order chi connectivity index (χ1) is 4.22. The fraction of sp³-hybridized carbons (Fsp3) is 0. The summed E-state index contributed by atoms with van der Waals surface area (Å²) in [7, 11) is 0. The molecule has 1 aromatic heterocycles. The van der Waals surface area contributed by atoms with Crippen molar-refractivity contribution < 1.29 is 0 Å². The van der Waals surface area contributed by atoms with Crippen molar-refractivity contribution >= 4 is 39.1 Å². The molecular formula is C5H2BrCl2N. The number of rotatable bonds is 0. The van der Waals surface area contributed by atoms with E-state index in [1.807, 2.05) is 0 Å². The van der Waals surface area contributed by atoms with Crippen molar-refractivity contribution in [3.05, 3.63) is 26.9 Å². The van der Waals surface area contributed by atoms with Crippen LogP contribution >= 0.6 is 39.1 Å². The van der Waals surface area contributed by atoms with Gasteiger partial charge in [-0.3, -0.25) is 4.98 Å². The van der Waals surface area contributed by atoms with Gasteiger partial charge in [0.05, 0.1) is 14.5 Å². The summed E-state index contributed by atoms with van der Waals surface area (Å²) >= 11 is 14.4. The van der Waals surface area contributed by atoms with Crippen molar-refractivity contribution in [2.75, 3.05) is 0 Å². The van der Waals surface area contributed by atoms with Gasteiger partial charge in [0.1, 0.15) is 0 Å². The van der Waals surface area contributed by atoms with Gasteiger partial charge >= 0.3 is 0 Å². The van der Waals surface area contributed by atoms with E-state index in [1.54, 1.807) is 6.20 Å². The Kier molecular flexibility index (Phi) is 2.33. The maximum Gasteiger partial charge on any atom is 0.0787 e. The number of halogens is 3. The van der Waals surface area contributed by atoms with E-state index in [1.165, 1.54) is 6.20 Å². The molecule has 0 unspecified atom stereocenters. The maximum absolute atomic E-state index is 5.66. The van der Waals surface area contributed by atoms with Crippen molar-refractivity contribution in [1.82, 2.24) is 4.98 Å². The van der Waals surface area contributed by atoms with Gasteiger partial charge in [-0.15, -0.1) is 0 Å². The van der Waals surface area contributed by atoms with Crippen LogP contribution < -0.4 is 0 Å². The third-order valence-electron chi connectivity index (χ3n) is 0.795. The standard InChI is InChI=1S/C5H2BrCl2N/c6-3-1-9-2-4(7)5(3)8/h1-2H. The Labute approximate surface area is 71.1 Å². The zero-order valence-electron chi connectivity index (χ0n) is 4.24. The number of pyridine rings is 1. The molecule has 0 N–H and O–H groups in total. The smallest absolute Gasteiger partial charge is 0.0787 e. The minimum Gasteiger partial charge on any atom is -0.262 e. The Balaban J connectivity index is 3.25. The molecule has 0 saturated carbocycles. The molecule has 0 aliphatic heterocycles. The number of aromatic nitrogens is 1. The molecule has 4 heteroatoms. The van der Waals surface area contributed by atoms with Crippen molar-refractivity contribution in [2.45, 2.75) is 0 Å². The summed E-state index contributed by atoms with van der Waals surface area (Å²) < 4.78 is 0.719. The van der Waals surface area contributed by atoms with E-state index >= 15 is 0 Å². The Morgan fingerprint density at radius 3 is 2.44 bits per heavy atom. The SMILES string of the molecule is Clc1cncc(Br)c1Cl. The van der Waals surface area contributed by atoms with E-state index in [0.717, 1.165) is 4.47 Å². The van der Waals surface area contributed by atoms with E-state index in [0.29, 0.717) is 10.0 Å². The van der Waals surface area contributed by atoms with E-state index < -0.39 is 0 Å². The fourth-order valence-electron chi connectivity index (χ4n) is 0.396. The first-order valence-electron chi connectivity index (χ1n) is 2.16. The normalized spacial score (nSPS) is 9.67. The van der Waals surface area contributed by atoms with E-state index in [4.69, 9.17) is 23.2 Å². The monoisotopic (exact) mass is 225 g/mol. The molecule has 0 fully saturated rings. The Morgan fingerprint density at radius 1 is 1.33 bits per heavy atom. The van der Waals surface area contributed by atoms with Crippen LogP contribution in [0.1, 0.15) is 0 Å². The van der Waals surface area contributed by atoms with Gasteiger partial charge in [-0.05, 0) is 15.9 Å². The van der Waals surface area contributed by atoms with Gasteiger partial charge in [-0.25, -0.2) is 0 Å². The van der Waals surface area contributed by atoms with Crippen molar-refractivity contribution in [3.63, 3.8) is 0 Å². The lowest BCUT2D eigenvalue weighted by molar-refractivity contribution is 1.31. The van der Waals surface area contributed by atoms with E-state index in [9.17, 15) is 0 Å². The summed E-state index contributed by atoms with van der Waals surface area (Å²) in [5.74, 6) is 0. The van der Waals surface area contributed by atoms with Gasteiger partial charge in [0, 0.05) is 12.4 Å². The highest BCUT2D eigenvalue weighted by Crippen LogP contribution is 2.27. The molecule has 0 saturated heterocycles. The van der Waals surface area contributed by atoms with Crippen LogP contribution in [0, 0.1) is 0 Å². The predicted molar refractivity (Wildman–Crippen MR) is 42.0 cm³/mol. The van der Waals surface area contributed by atoms with Gasteiger partial charge in [0.2, 0.25) is 0 Å². The van der Waals surface area contributed by atoms with E-state index in [2.05, 4.69) is 20.9 Å². The van der Waals surface area contributed by atoms with Gasteiger partial charge in [0.15, 0.2) is 0 Å². The van der Waals surface area contributed by atoms with Gasteiger partial charge in [-0.2, -0.15) is 0 Å². The molecule has 1 nitrogen and oxygen atoms in total. The molecule has 0 aromatic carbocycles. The van der Waals surface area contributed by atoms with Gasteiger partial charge in [0.25, 0.3) is 0 Å². The second-order valence-electron chi connectivity index (χ2n) is 1.42. The molecule has 0 aliphatic carbocycles. The zero-order valence-corrected chi connectivity index (χ0v) is 7.33. The molecule has 0 spiro atoms. The average molecular weight is 227 g/mol. The molecular weight excluding hydrogens is 225 g/mol. The molecule has 0 atom stereocenters. The highest BCUT2D eigenvalue weighted by molar-refractivity contribution is 9.10. The highest BCUT2D eigenvalue weighted by Gasteiger charge is 1.99.